The summed E-state index contributed by atoms with van der Waals surface area (Å²) in [4.78, 5) is 2.95. The van der Waals surface area contributed by atoms with Crippen molar-refractivity contribution in [2.45, 2.75) is 44.1 Å². The van der Waals surface area contributed by atoms with Gasteiger partial charge in [0.15, 0.2) is 0 Å². The predicted molar refractivity (Wildman–Crippen MR) is 77.5 cm³/mol. The Labute approximate surface area is 117 Å². The molecule has 0 bridgehead atoms. The van der Waals surface area contributed by atoms with Gasteiger partial charge in [-0.25, -0.2) is 0 Å². The van der Waals surface area contributed by atoms with Gasteiger partial charge in [0.05, 0.1) is 16.3 Å². The van der Waals surface area contributed by atoms with Crippen molar-refractivity contribution in [1.29, 1.82) is 5.26 Å². The number of hydrogen-bond acceptors (Lipinski definition) is 5. The van der Waals surface area contributed by atoms with Crippen LogP contribution in [0.1, 0.15) is 49.0 Å². The second kappa shape index (κ2) is 4.39. The van der Waals surface area contributed by atoms with Gasteiger partial charge in [-0.2, -0.15) is 5.26 Å². The lowest BCUT2D eigenvalue weighted by Crippen LogP contribution is -2.42. The van der Waals surface area contributed by atoms with E-state index in [1.54, 1.807) is 0 Å². The first-order chi connectivity index (χ1) is 9.02. The van der Waals surface area contributed by atoms with Crippen LogP contribution >= 0.6 is 11.3 Å². The first-order valence-corrected chi connectivity index (χ1v) is 7.63. The van der Waals surface area contributed by atoms with E-state index in [0.717, 1.165) is 25.9 Å². The summed E-state index contributed by atoms with van der Waals surface area (Å²) in [6, 6.07) is 2.21. The van der Waals surface area contributed by atoms with Crippen molar-refractivity contribution >= 4 is 22.0 Å². The van der Waals surface area contributed by atoms with Gasteiger partial charge in [0.25, 0.3) is 0 Å². The number of anilines is 2. The molecule has 1 saturated carbocycles. The molecule has 1 saturated heterocycles. The highest BCUT2D eigenvalue weighted by molar-refractivity contribution is 7.17. The minimum atomic E-state index is -0.545. The highest BCUT2D eigenvalue weighted by atomic mass is 32.1. The summed E-state index contributed by atoms with van der Waals surface area (Å²) >= 11 is 1.52. The van der Waals surface area contributed by atoms with Gasteiger partial charge in [0, 0.05) is 18.7 Å². The topological polar surface area (TPSA) is 73.3 Å². The molecule has 0 radical (unpaired) electrons. The van der Waals surface area contributed by atoms with E-state index in [0.29, 0.717) is 16.5 Å². The fourth-order valence-corrected chi connectivity index (χ4v) is 3.88. The predicted octanol–water partition coefficient (Wildman–Crippen LogP) is 2.43. The fourth-order valence-electron chi connectivity index (χ4n) is 2.72. The second-order valence-corrected chi connectivity index (χ2v) is 6.93. The lowest BCUT2D eigenvalue weighted by Gasteiger charge is -2.37. The number of piperidine rings is 1. The van der Waals surface area contributed by atoms with Crippen LogP contribution in [-0.2, 0) is 0 Å². The van der Waals surface area contributed by atoms with Crippen LogP contribution in [0.25, 0.3) is 0 Å². The monoisotopic (exact) mass is 277 g/mol. The Balaban J connectivity index is 1.91. The van der Waals surface area contributed by atoms with Crippen molar-refractivity contribution in [3.05, 3.63) is 10.4 Å². The Bertz CT molecular complexity index is 530. The summed E-state index contributed by atoms with van der Waals surface area (Å²) in [7, 11) is 0. The average Bonchev–Trinajstić information content (AvgIpc) is 3.14. The van der Waals surface area contributed by atoms with Crippen molar-refractivity contribution in [2.75, 3.05) is 23.7 Å². The summed E-state index contributed by atoms with van der Waals surface area (Å²) in [5.74, 6) is 0.552. The Morgan fingerprint density at radius 2 is 2.05 bits per heavy atom. The van der Waals surface area contributed by atoms with Gasteiger partial charge >= 0.3 is 0 Å². The van der Waals surface area contributed by atoms with Crippen LogP contribution in [0.4, 0.5) is 10.7 Å². The molecule has 3 rings (SSSR count). The molecule has 2 heterocycles. The molecule has 1 aromatic rings. The molecule has 0 aromatic carbocycles. The molecular formula is C14H19N3OS. The first-order valence-electron chi connectivity index (χ1n) is 6.81. The molecule has 5 heteroatoms. The first kappa shape index (κ1) is 12.8. The van der Waals surface area contributed by atoms with E-state index in [4.69, 9.17) is 11.0 Å². The van der Waals surface area contributed by atoms with E-state index in [9.17, 15) is 5.11 Å². The fraction of sp³-hybridized carbons (Fsp3) is 0.643. The minimum absolute atomic E-state index is 0.545. The third kappa shape index (κ3) is 2.31. The number of rotatable bonds is 2. The molecule has 2 fully saturated rings. The summed E-state index contributed by atoms with van der Waals surface area (Å²) in [6.07, 6.45) is 3.92. The van der Waals surface area contributed by atoms with Crippen molar-refractivity contribution < 1.29 is 5.11 Å². The zero-order valence-corrected chi connectivity index (χ0v) is 12.0. The number of nitrogens with two attached hydrogens (primary N) is 1. The van der Waals surface area contributed by atoms with Crippen LogP contribution in [-0.4, -0.2) is 23.8 Å². The van der Waals surface area contributed by atoms with Crippen molar-refractivity contribution in [2.24, 2.45) is 0 Å². The van der Waals surface area contributed by atoms with Crippen molar-refractivity contribution in [1.82, 2.24) is 0 Å². The zero-order valence-electron chi connectivity index (χ0n) is 11.1. The third-order valence-corrected chi connectivity index (χ3v) is 5.37. The number of nitrogens with zero attached hydrogens (tertiary/aromatic N) is 2. The van der Waals surface area contributed by atoms with Crippen LogP contribution in [0.3, 0.4) is 0 Å². The number of aliphatic hydroxyl groups is 1. The lowest BCUT2D eigenvalue weighted by molar-refractivity contribution is 0.0352. The van der Waals surface area contributed by atoms with E-state index in [2.05, 4.69) is 11.0 Å². The van der Waals surface area contributed by atoms with Crippen LogP contribution in [0.5, 0.6) is 0 Å². The highest BCUT2D eigenvalue weighted by Gasteiger charge is 2.35. The van der Waals surface area contributed by atoms with Crippen LogP contribution in [0.2, 0.25) is 0 Å². The molecule has 3 N–H and O–H groups in total. The average molecular weight is 277 g/mol. The SMILES string of the molecule is CC1(O)CCN(c2sc(C#N)c(N)c2C2CC2)CC1. The molecular weight excluding hydrogens is 258 g/mol. The van der Waals surface area contributed by atoms with Crippen LogP contribution in [0.15, 0.2) is 0 Å². The van der Waals surface area contributed by atoms with Gasteiger partial charge in [-0.3, -0.25) is 0 Å². The maximum Gasteiger partial charge on any atom is 0.130 e. The lowest BCUT2D eigenvalue weighted by atomic mass is 9.94. The van der Waals surface area contributed by atoms with Gasteiger partial charge < -0.3 is 15.7 Å². The largest absolute Gasteiger partial charge is 0.397 e. The molecule has 1 aliphatic heterocycles. The maximum absolute atomic E-state index is 10.0. The highest BCUT2D eigenvalue weighted by Crippen LogP contribution is 2.52. The quantitative estimate of drug-likeness (QED) is 0.870. The Hall–Kier alpha value is -1.25. The van der Waals surface area contributed by atoms with Gasteiger partial charge in [0.1, 0.15) is 10.9 Å². The number of thiophene rings is 1. The number of hydrogen-bond donors (Lipinski definition) is 2. The zero-order chi connectivity index (χ0) is 13.6. The van der Waals surface area contributed by atoms with E-state index >= 15 is 0 Å². The summed E-state index contributed by atoms with van der Waals surface area (Å²) in [5.41, 5.74) is 7.48. The van der Waals surface area contributed by atoms with Crippen molar-refractivity contribution in [3.8, 4) is 6.07 Å². The molecule has 1 aliphatic carbocycles. The molecule has 0 spiro atoms. The molecule has 102 valence electrons. The number of nitrogen functional groups attached to an aromatic ring is 1. The number of nitriles is 1. The standard InChI is InChI=1S/C14H19N3OS/c1-14(18)4-6-17(7-5-14)13-11(9-2-3-9)12(16)10(8-15)19-13/h9,18H,2-7,16H2,1H3. The normalized spacial score (nSPS) is 22.3. The van der Waals surface area contributed by atoms with Crippen LogP contribution in [0, 0.1) is 11.3 Å². The van der Waals surface area contributed by atoms with E-state index in [1.807, 2.05) is 6.92 Å². The van der Waals surface area contributed by atoms with E-state index in [-0.39, 0.29) is 0 Å². The molecule has 2 aliphatic rings. The summed E-state index contributed by atoms with van der Waals surface area (Å²) in [5, 5.41) is 20.4. The summed E-state index contributed by atoms with van der Waals surface area (Å²) in [6.45, 7) is 3.59. The Morgan fingerprint density at radius 3 is 2.58 bits per heavy atom. The molecule has 0 amide bonds. The summed E-state index contributed by atoms with van der Waals surface area (Å²) < 4.78 is 0. The van der Waals surface area contributed by atoms with E-state index in [1.165, 1.54) is 34.7 Å². The Morgan fingerprint density at radius 1 is 1.42 bits per heavy atom. The third-order valence-electron chi connectivity index (χ3n) is 4.18. The van der Waals surface area contributed by atoms with Gasteiger partial charge in [-0.15, -0.1) is 11.3 Å². The van der Waals surface area contributed by atoms with Gasteiger partial charge in [-0.05, 0) is 38.5 Å². The van der Waals surface area contributed by atoms with Crippen molar-refractivity contribution in [3.63, 3.8) is 0 Å². The maximum atomic E-state index is 10.0. The molecule has 0 atom stereocenters. The molecule has 0 unspecified atom stereocenters. The Kier molecular flexibility index (Phi) is 2.95. The van der Waals surface area contributed by atoms with Gasteiger partial charge in [-0.1, -0.05) is 0 Å². The van der Waals surface area contributed by atoms with Gasteiger partial charge in [0.2, 0.25) is 0 Å². The van der Waals surface area contributed by atoms with Crippen LogP contribution < -0.4 is 10.6 Å². The minimum Gasteiger partial charge on any atom is -0.397 e. The smallest absolute Gasteiger partial charge is 0.130 e. The molecule has 1 aromatic heterocycles. The molecule has 4 nitrogen and oxygen atoms in total. The van der Waals surface area contributed by atoms with E-state index < -0.39 is 5.60 Å². The molecule has 19 heavy (non-hydrogen) atoms. The second-order valence-electron chi connectivity index (χ2n) is 5.93.